The predicted molar refractivity (Wildman–Crippen MR) is 62.5 cm³/mol. The van der Waals surface area contributed by atoms with Gasteiger partial charge in [-0.3, -0.25) is 4.79 Å². The number of hydrogen-bond donors (Lipinski definition) is 2. The van der Waals surface area contributed by atoms with Crippen LogP contribution in [-0.4, -0.2) is 24.2 Å². The van der Waals surface area contributed by atoms with Gasteiger partial charge < -0.3 is 10.4 Å². The highest BCUT2D eigenvalue weighted by molar-refractivity contribution is 5.72. The van der Waals surface area contributed by atoms with Crippen molar-refractivity contribution in [3.05, 3.63) is 35.4 Å². The minimum Gasteiger partial charge on any atom is -0.481 e. The van der Waals surface area contributed by atoms with Crippen molar-refractivity contribution in [1.82, 2.24) is 5.32 Å². The van der Waals surface area contributed by atoms with Gasteiger partial charge in [0.15, 0.2) is 0 Å². The summed E-state index contributed by atoms with van der Waals surface area (Å²) in [6.07, 6.45) is 0.905. The van der Waals surface area contributed by atoms with E-state index in [9.17, 15) is 9.90 Å². The van der Waals surface area contributed by atoms with Crippen molar-refractivity contribution in [1.29, 1.82) is 0 Å². The standard InChI is InChI=1S/C13H17NO2/c1-9-4-2-3-5-10(9)11-6-7-14-8-12(11)13(15)16/h2-5,11-12,14H,6-8H2,1H3,(H,15,16)/t11-,12+/m0/s1. The summed E-state index contributed by atoms with van der Waals surface area (Å²) >= 11 is 0. The molecule has 2 atom stereocenters. The fourth-order valence-corrected chi connectivity index (χ4v) is 2.49. The molecule has 1 heterocycles. The molecule has 0 spiro atoms. The lowest BCUT2D eigenvalue weighted by Gasteiger charge is -2.30. The van der Waals surface area contributed by atoms with Crippen LogP contribution in [0.4, 0.5) is 0 Å². The molecule has 3 heteroatoms. The Labute approximate surface area is 95.5 Å². The smallest absolute Gasteiger partial charge is 0.308 e. The van der Waals surface area contributed by atoms with Crippen molar-refractivity contribution >= 4 is 5.97 Å². The zero-order chi connectivity index (χ0) is 11.5. The molecule has 86 valence electrons. The predicted octanol–water partition coefficient (Wildman–Crippen LogP) is 1.77. The summed E-state index contributed by atoms with van der Waals surface area (Å²) in [4.78, 5) is 11.2. The maximum Gasteiger partial charge on any atom is 0.308 e. The summed E-state index contributed by atoms with van der Waals surface area (Å²) in [5.41, 5.74) is 2.39. The lowest BCUT2D eigenvalue weighted by atomic mass is 9.79. The second kappa shape index (κ2) is 4.66. The van der Waals surface area contributed by atoms with E-state index in [4.69, 9.17) is 0 Å². The molecule has 1 aromatic carbocycles. The van der Waals surface area contributed by atoms with Gasteiger partial charge in [-0.15, -0.1) is 0 Å². The van der Waals surface area contributed by atoms with Crippen LogP contribution in [0, 0.1) is 12.8 Å². The number of hydrogen-bond acceptors (Lipinski definition) is 2. The zero-order valence-corrected chi connectivity index (χ0v) is 9.44. The molecule has 0 bridgehead atoms. The van der Waals surface area contributed by atoms with Gasteiger partial charge in [0.05, 0.1) is 5.92 Å². The van der Waals surface area contributed by atoms with Gasteiger partial charge in [-0.1, -0.05) is 24.3 Å². The van der Waals surface area contributed by atoms with Crippen LogP contribution >= 0.6 is 0 Å². The van der Waals surface area contributed by atoms with Gasteiger partial charge >= 0.3 is 5.97 Å². The molecule has 3 nitrogen and oxygen atoms in total. The normalized spacial score (nSPS) is 25.3. The van der Waals surface area contributed by atoms with Gasteiger partial charge in [-0.25, -0.2) is 0 Å². The average molecular weight is 219 g/mol. The topological polar surface area (TPSA) is 49.3 Å². The first-order valence-electron chi connectivity index (χ1n) is 5.69. The Morgan fingerprint density at radius 3 is 2.88 bits per heavy atom. The molecule has 0 amide bonds. The number of carboxylic acid groups (broad SMARTS) is 1. The van der Waals surface area contributed by atoms with Gasteiger partial charge in [0.1, 0.15) is 0 Å². The van der Waals surface area contributed by atoms with E-state index in [1.54, 1.807) is 0 Å². The minimum atomic E-state index is -0.694. The van der Waals surface area contributed by atoms with Crippen molar-refractivity contribution in [3.63, 3.8) is 0 Å². The number of nitrogens with one attached hydrogen (secondary N) is 1. The molecule has 2 rings (SSSR count). The summed E-state index contributed by atoms with van der Waals surface area (Å²) in [6.45, 7) is 3.54. The number of piperidine rings is 1. The molecule has 16 heavy (non-hydrogen) atoms. The van der Waals surface area contributed by atoms with E-state index in [-0.39, 0.29) is 11.8 Å². The average Bonchev–Trinajstić information content (AvgIpc) is 2.29. The van der Waals surface area contributed by atoms with E-state index in [0.717, 1.165) is 13.0 Å². The second-order valence-electron chi connectivity index (χ2n) is 4.40. The highest BCUT2D eigenvalue weighted by Gasteiger charge is 2.32. The van der Waals surface area contributed by atoms with Crippen molar-refractivity contribution in [2.75, 3.05) is 13.1 Å². The van der Waals surface area contributed by atoms with Gasteiger partial charge in [0.2, 0.25) is 0 Å². The molecule has 1 fully saturated rings. The molecule has 0 saturated carbocycles. The van der Waals surface area contributed by atoms with E-state index in [0.29, 0.717) is 6.54 Å². The van der Waals surface area contributed by atoms with Crippen LogP contribution in [0.5, 0.6) is 0 Å². The van der Waals surface area contributed by atoms with Crippen molar-refractivity contribution in [2.45, 2.75) is 19.3 Å². The van der Waals surface area contributed by atoms with E-state index in [2.05, 4.69) is 24.4 Å². The van der Waals surface area contributed by atoms with Crippen molar-refractivity contribution in [3.8, 4) is 0 Å². The first-order chi connectivity index (χ1) is 7.70. The van der Waals surface area contributed by atoms with Crippen LogP contribution < -0.4 is 5.32 Å². The van der Waals surface area contributed by atoms with E-state index < -0.39 is 5.97 Å². The quantitative estimate of drug-likeness (QED) is 0.797. The van der Waals surface area contributed by atoms with Crippen LogP contribution in [-0.2, 0) is 4.79 Å². The minimum absolute atomic E-state index is 0.153. The van der Waals surface area contributed by atoms with E-state index in [1.807, 2.05) is 12.1 Å². The summed E-state index contributed by atoms with van der Waals surface area (Å²) in [5, 5.41) is 12.4. The third-order valence-electron chi connectivity index (χ3n) is 3.39. The monoisotopic (exact) mass is 219 g/mol. The van der Waals surface area contributed by atoms with Gasteiger partial charge in [-0.05, 0) is 36.9 Å². The molecule has 1 aromatic rings. The van der Waals surface area contributed by atoms with Crippen LogP contribution in [0.2, 0.25) is 0 Å². The Kier molecular flexibility index (Phi) is 3.25. The number of aliphatic carboxylic acids is 1. The molecule has 0 unspecified atom stereocenters. The van der Waals surface area contributed by atoms with Crippen molar-refractivity contribution in [2.24, 2.45) is 5.92 Å². The fraction of sp³-hybridized carbons (Fsp3) is 0.462. The van der Waals surface area contributed by atoms with Crippen LogP contribution in [0.15, 0.2) is 24.3 Å². The summed E-state index contributed by atoms with van der Waals surface area (Å²) in [7, 11) is 0. The first-order valence-corrected chi connectivity index (χ1v) is 5.69. The Hall–Kier alpha value is -1.35. The summed E-state index contributed by atoms with van der Waals surface area (Å²) < 4.78 is 0. The molecular formula is C13H17NO2. The first kappa shape index (κ1) is 11.1. The summed E-state index contributed by atoms with van der Waals surface area (Å²) in [5.74, 6) is -0.838. The molecule has 2 N–H and O–H groups in total. The molecular weight excluding hydrogens is 202 g/mol. The Morgan fingerprint density at radius 1 is 1.44 bits per heavy atom. The highest BCUT2D eigenvalue weighted by atomic mass is 16.4. The molecule has 0 radical (unpaired) electrons. The number of carbonyl (C=O) groups is 1. The van der Waals surface area contributed by atoms with Gasteiger partial charge in [-0.2, -0.15) is 0 Å². The van der Waals surface area contributed by atoms with Crippen LogP contribution in [0.3, 0.4) is 0 Å². The SMILES string of the molecule is Cc1ccccc1[C@@H]1CCNC[C@H]1C(=O)O. The van der Waals surface area contributed by atoms with Crippen LogP contribution in [0.1, 0.15) is 23.5 Å². The summed E-state index contributed by atoms with van der Waals surface area (Å²) in [6, 6.07) is 8.09. The number of rotatable bonds is 2. The van der Waals surface area contributed by atoms with E-state index in [1.165, 1.54) is 11.1 Å². The Morgan fingerprint density at radius 2 is 2.19 bits per heavy atom. The number of aryl methyl sites for hydroxylation is 1. The molecule has 0 aromatic heterocycles. The Balaban J connectivity index is 2.30. The Bertz CT molecular complexity index is 389. The molecule has 0 aliphatic carbocycles. The van der Waals surface area contributed by atoms with Crippen LogP contribution in [0.25, 0.3) is 0 Å². The number of benzene rings is 1. The highest BCUT2D eigenvalue weighted by Crippen LogP contribution is 2.32. The zero-order valence-electron chi connectivity index (χ0n) is 9.44. The fourth-order valence-electron chi connectivity index (χ4n) is 2.49. The molecule has 1 aliphatic heterocycles. The third-order valence-corrected chi connectivity index (χ3v) is 3.39. The van der Waals surface area contributed by atoms with E-state index >= 15 is 0 Å². The van der Waals surface area contributed by atoms with Crippen molar-refractivity contribution < 1.29 is 9.90 Å². The third kappa shape index (κ3) is 2.09. The number of carboxylic acids is 1. The maximum absolute atomic E-state index is 11.2. The van der Waals surface area contributed by atoms with Gasteiger partial charge in [0.25, 0.3) is 0 Å². The van der Waals surface area contributed by atoms with Gasteiger partial charge in [0, 0.05) is 6.54 Å². The maximum atomic E-state index is 11.2. The second-order valence-corrected chi connectivity index (χ2v) is 4.40. The lowest BCUT2D eigenvalue weighted by molar-refractivity contribution is -0.142. The largest absolute Gasteiger partial charge is 0.481 e. The lowest BCUT2D eigenvalue weighted by Crippen LogP contribution is -2.39. The molecule has 1 aliphatic rings. The molecule has 1 saturated heterocycles.